The lowest BCUT2D eigenvalue weighted by Gasteiger charge is -2.25. The molecule has 0 bridgehead atoms. The summed E-state index contributed by atoms with van der Waals surface area (Å²) in [5.74, 6) is 1.70. The molecule has 0 saturated carbocycles. The van der Waals surface area contributed by atoms with Crippen LogP contribution in [-0.4, -0.2) is 49.1 Å². The Hall–Kier alpha value is -0.610. The third-order valence-electron chi connectivity index (χ3n) is 4.35. The lowest BCUT2D eigenvalue weighted by molar-refractivity contribution is -0.126. The van der Waals surface area contributed by atoms with Crippen LogP contribution in [0.1, 0.15) is 27.2 Å². The van der Waals surface area contributed by atoms with Crippen LogP contribution in [-0.2, 0) is 4.79 Å². The molecule has 0 aromatic carbocycles. The Labute approximate surface area is 104 Å². The molecule has 0 aromatic rings. The number of nitrogens with zero attached hydrogens (tertiary/aromatic N) is 1. The maximum Gasteiger partial charge on any atom is 0.237 e. The van der Waals surface area contributed by atoms with E-state index in [-0.39, 0.29) is 18.0 Å². The molecular formula is C13H25N3O. The highest BCUT2D eigenvalue weighted by Crippen LogP contribution is 2.27. The molecule has 1 amide bonds. The van der Waals surface area contributed by atoms with Gasteiger partial charge in [-0.15, -0.1) is 0 Å². The zero-order chi connectivity index (χ0) is 12.4. The molecule has 0 spiro atoms. The minimum atomic E-state index is 0.0228. The predicted octanol–water partition coefficient (Wildman–Crippen LogP) is 0.441. The highest BCUT2D eigenvalue weighted by molar-refractivity contribution is 5.81. The number of carbonyl (C=O) groups is 1. The van der Waals surface area contributed by atoms with E-state index in [0.29, 0.717) is 0 Å². The summed E-state index contributed by atoms with van der Waals surface area (Å²) in [4.78, 5) is 14.4. The average Bonchev–Trinajstić information content (AvgIpc) is 2.87. The topological polar surface area (TPSA) is 44.4 Å². The maximum absolute atomic E-state index is 12.1. The summed E-state index contributed by atoms with van der Waals surface area (Å²) in [6, 6.07) is 0.309. The van der Waals surface area contributed by atoms with E-state index in [1.54, 1.807) is 0 Å². The SMILES string of the molecule is CCC(C)NC(=O)C(C)N1CC2CNCC2C1. The monoisotopic (exact) mass is 239 g/mol. The summed E-state index contributed by atoms with van der Waals surface area (Å²) >= 11 is 0. The number of carbonyl (C=O) groups excluding carboxylic acids is 1. The minimum Gasteiger partial charge on any atom is -0.352 e. The molecule has 4 unspecified atom stereocenters. The summed E-state index contributed by atoms with van der Waals surface area (Å²) in [7, 11) is 0. The Kier molecular flexibility index (Phi) is 4.05. The molecule has 0 radical (unpaired) electrons. The molecular weight excluding hydrogens is 214 g/mol. The van der Waals surface area contributed by atoms with Crippen molar-refractivity contribution in [2.75, 3.05) is 26.2 Å². The Balaban J connectivity index is 1.84. The van der Waals surface area contributed by atoms with Crippen molar-refractivity contribution < 1.29 is 4.79 Å². The molecule has 98 valence electrons. The van der Waals surface area contributed by atoms with Gasteiger partial charge >= 0.3 is 0 Å². The second-order valence-electron chi connectivity index (χ2n) is 5.63. The van der Waals surface area contributed by atoms with Crippen LogP contribution in [0.3, 0.4) is 0 Å². The van der Waals surface area contributed by atoms with Gasteiger partial charge < -0.3 is 10.6 Å². The van der Waals surface area contributed by atoms with Crippen molar-refractivity contribution in [3.8, 4) is 0 Å². The van der Waals surface area contributed by atoms with E-state index >= 15 is 0 Å². The molecule has 2 N–H and O–H groups in total. The van der Waals surface area contributed by atoms with Crippen molar-refractivity contribution in [2.45, 2.75) is 39.3 Å². The van der Waals surface area contributed by atoms with Crippen LogP contribution in [0.25, 0.3) is 0 Å². The van der Waals surface area contributed by atoms with E-state index in [0.717, 1.165) is 44.4 Å². The predicted molar refractivity (Wildman–Crippen MR) is 68.8 cm³/mol. The zero-order valence-electron chi connectivity index (χ0n) is 11.2. The third kappa shape index (κ3) is 2.80. The van der Waals surface area contributed by atoms with Crippen molar-refractivity contribution >= 4 is 5.91 Å². The van der Waals surface area contributed by atoms with Gasteiger partial charge in [0.05, 0.1) is 6.04 Å². The fourth-order valence-electron chi connectivity index (χ4n) is 2.84. The van der Waals surface area contributed by atoms with Crippen LogP contribution in [0.5, 0.6) is 0 Å². The second kappa shape index (κ2) is 5.36. The summed E-state index contributed by atoms with van der Waals surface area (Å²) in [6.07, 6.45) is 0.994. The molecule has 0 aromatic heterocycles. The van der Waals surface area contributed by atoms with E-state index in [9.17, 15) is 4.79 Å². The standard InChI is InChI=1S/C13H25N3O/c1-4-9(2)15-13(17)10(3)16-7-11-5-14-6-12(11)8-16/h9-12,14H,4-8H2,1-3H3,(H,15,17). The Morgan fingerprint density at radius 1 is 1.35 bits per heavy atom. The summed E-state index contributed by atoms with van der Waals surface area (Å²) in [5, 5.41) is 6.50. The van der Waals surface area contributed by atoms with E-state index < -0.39 is 0 Å². The fourth-order valence-corrected chi connectivity index (χ4v) is 2.84. The largest absolute Gasteiger partial charge is 0.352 e. The van der Waals surface area contributed by atoms with Crippen LogP contribution < -0.4 is 10.6 Å². The Bertz CT molecular complexity index is 270. The molecule has 4 nitrogen and oxygen atoms in total. The van der Waals surface area contributed by atoms with Gasteiger partial charge in [-0.2, -0.15) is 0 Å². The molecule has 0 aliphatic carbocycles. The third-order valence-corrected chi connectivity index (χ3v) is 4.35. The Morgan fingerprint density at radius 3 is 2.47 bits per heavy atom. The van der Waals surface area contributed by atoms with Crippen LogP contribution >= 0.6 is 0 Å². The van der Waals surface area contributed by atoms with Gasteiger partial charge in [0.1, 0.15) is 0 Å². The number of likely N-dealkylation sites (tertiary alicyclic amines) is 1. The number of hydrogen-bond donors (Lipinski definition) is 2. The minimum absolute atomic E-state index is 0.0228. The van der Waals surface area contributed by atoms with Gasteiger partial charge in [0.25, 0.3) is 0 Å². The van der Waals surface area contributed by atoms with Crippen molar-refractivity contribution in [3.63, 3.8) is 0 Å². The highest BCUT2D eigenvalue weighted by atomic mass is 16.2. The first-order valence-corrected chi connectivity index (χ1v) is 6.87. The zero-order valence-corrected chi connectivity index (χ0v) is 11.2. The molecule has 2 aliphatic rings. The summed E-state index contributed by atoms with van der Waals surface area (Å²) in [5.41, 5.74) is 0. The van der Waals surface area contributed by atoms with Gasteiger partial charge in [-0.05, 0) is 45.2 Å². The van der Waals surface area contributed by atoms with Crippen LogP contribution in [0.15, 0.2) is 0 Å². The molecule has 17 heavy (non-hydrogen) atoms. The molecule has 2 fully saturated rings. The fraction of sp³-hybridized carbons (Fsp3) is 0.923. The number of nitrogens with one attached hydrogen (secondary N) is 2. The molecule has 4 heteroatoms. The number of hydrogen-bond acceptors (Lipinski definition) is 3. The normalized spacial score (nSPS) is 32.2. The first-order chi connectivity index (χ1) is 8.11. The number of fused-ring (bicyclic) bond motifs is 1. The van der Waals surface area contributed by atoms with Gasteiger partial charge in [0.15, 0.2) is 0 Å². The maximum atomic E-state index is 12.1. The molecule has 2 saturated heterocycles. The Morgan fingerprint density at radius 2 is 1.94 bits per heavy atom. The second-order valence-corrected chi connectivity index (χ2v) is 5.63. The van der Waals surface area contributed by atoms with Crippen molar-refractivity contribution in [2.24, 2.45) is 11.8 Å². The van der Waals surface area contributed by atoms with Crippen molar-refractivity contribution in [3.05, 3.63) is 0 Å². The van der Waals surface area contributed by atoms with Gasteiger partial charge in [0, 0.05) is 19.1 Å². The smallest absolute Gasteiger partial charge is 0.237 e. The average molecular weight is 239 g/mol. The van der Waals surface area contributed by atoms with Gasteiger partial charge in [0.2, 0.25) is 5.91 Å². The molecule has 2 heterocycles. The van der Waals surface area contributed by atoms with Gasteiger partial charge in [-0.1, -0.05) is 6.92 Å². The van der Waals surface area contributed by atoms with Crippen LogP contribution in [0.2, 0.25) is 0 Å². The van der Waals surface area contributed by atoms with E-state index in [4.69, 9.17) is 0 Å². The molecule has 2 rings (SSSR count). The summed E-state index contributed by atoms with van der Waals surface area (Å²) < 4.78 is 0. The van der Waals surface area contributed by atoms with E-state index in [2.05, 4.69) is 29.4 Å². The van der Waals surface area contributed by atoms with Crippen LogP contribution in [0, 0.1) is 11.8 Å². The highest BCUT2D eigenvalue weighted by Gasteiger charge is 2.39. The first kappa shape index (κ1) is 12.8. The number of amides is 1. The van der Waals surface area contributed by atoms with E-state index in [1.807, 2.05) is 6.92 Å². The van der Waals surface area contributed by atoms with Gasteiger partial charge in [-0.3, -0.25) is 9.69 Å². The molecule has 2 aliphatic heterocycles. The lowest BCUT2D eigenvalue weighted by Crippen LogP contribution is -2.47. The molecule has 4 atom stereocenters. The lowest BCUT2D eigenvalue weighted by atomic mass is 10.0. The quantitative estimate of drug-likeness (QED) is 0.748. The number of rotatable bonds is 4. The van der Waals surface area contributed by atoms with Crippen molar-refractivity contribution in [1.82, 2.24) is 15.5 Å². The summed E-state index contributed by atoms with van der Waals surface area (Å²) in [6.45, 7) is 10.6. The van der Waals surface area contributed by atoms with Gasteiger partial charge in [-0.25, -0.2) is 0 Å². The van der Waals surface area contributed by atoms with Crippen LogP contribution in [0.4, 0.5) is 0 Å². The van der Waals surface area contributed by atoms with E-state index in [1.165, 1.54) is 0 Å². The first-order valence-electron chi connectivity index (χ1n) is 6.87. The van der Waals surface area contributed by atoms with Crippen molar-refractivity contribution in [1.29, 1.82) is 0 Å².